The summed E-state index contributed by atoms with van der Waals surface area (Å²) in [5, 5.41) is 14.1. The summed E-state index contributed by atoms with van der Waals surface area (Å²) in [4.78, 5) is 24.8. The number of nitro groups is 1. The van der Waals surface area contributed by atoms with Gasteiger partial charge >= 0.3 is 5.69 Å². The van der Waals surface area contributed by atoms with Crippen LogP contribution in [0.2, 0.25) is 0 Å². The summed E-state index contributed by atoms with van der Waals surface area (Å²) in [5.74, 6) is -0.0109. The first-order valence-corrected chi connectivity index (χ1v) is 6.86. The molecule has 1 heterocycles. The molecule has 0 bridgehead atoms. The number of likely N-dealkylation sites (tertiary alicyclic amines) is 1. The number of hydrogen-bond acceptors (Lipinski definition) is 5. The highest BCUT2D eigenvalue weighted by molar-refractivity contribution is 5.95. The average Bonchev–Trinajstić information content (AvgIpc) is 2.94. The van der Waals surface area contributed by atoms with Gasteiger partial charge < -0.3 is 15.0 Å². The fourth-order valence-corrected chi connectivity index (χ4v) is 2.68. The third-order valence-corrected chi connectivity index (χ3v) is 3.70. The Kier molecular flexibility index (Phi) is 4.74. The van der Waals surface area contributed by atoms with Gasteiger partial charge in [0.05, 0.1) is 12.0 Å². The van der Waals surface area contributed by atoms with Crippen LogP contribution in [-0.2, 0) is 0 Å². The van der Waals surface area contributed by atoms with Crippen molar-refractivity contribution in [2.45, 2.75) is 18.9 Å². The van der Waals surface area contributed by atoms with Gasteiger partial charge in [-0.25, -0.2) is 0 Å². The molecule has 21 heavy (non-hydrogen) atoms. The van der Waals surface area contributed by atoms with Gasteiger partial charge in [0.25, 0.3) is 5.91 Å². The minimum atomic E-state index is -0.537. The average molecular weight is 293 g/mol. The van der Waals surface area contributed by atoms with Crippen LogP contribution in [0, 0.1) is 10.1 Å². The molecule has 1 N–H and O–H groups in total. The minimum Gasteiger partial charge on any atom is -0.490 e. The number of benzene rings is 1. The number of carbonyl (C=O) groups excluding carboxylic acids is 1. The highest BCUT2D eigenvalue weighted by atomic mass is 16.6. The SMILES string of the molecule is CNCC1CCCN1C(=O)c1ccc(OC)c([N+](=O)[O-])c1. The summed E-state index contributed by atoms with van der Waals surface area (Å²) in [7, 11) is 3.21. The fraction of sp³-hybridized carbons (Fsp3) is 0.500. The normalized spacial score (nSPS) is 17.8. The molecule has 1 unspecified atom stereocenters. The van der Waals surface area contributed by atoms with Crippen molar-refractivity contribution in [1.82, 2.24) is 10.2 Å². The Morgan fingerprint density at radius 1 is 1.57 bits per heavy atom. The molecule has 1 aliphatic rings. The number of ether oxygens (including phenoxy) is 1. The van der Waals surface area contributed by atoms with E-state index in [9.17, 15) is 14.9 Å². The molecule has 1 aromatic rings. The van der Waals surface area contributed by atoms with Crippen molar-refractivity contribution in [2.24, 2.45) is 0 Å². The highest BCUT2D eigenvalue weighted by Gasteiger charge is 2.30. The zero-order valence-electron chi connectivity index (χ0n) is 12.2. The van der Waals surface area contributed by atoms with Gasteiger partial charge in [-0.15, -0.1) is 0 Å². The number of likely N-dealkylation sites (N-methyl/N-ethyl adjacent to an activating group) is 1. The summed E-state index contributed by atoms with van der Waals surface area (Å²) in [5.41, 5.74) is 0.137. The van der Waals surface area contributed by atoms with Crippen molar-refractivity contribution in [3.63, 3.8) is 0 Å². The zero-order valence-corrected chi connectivity index (χ0v) is 12.2. The van der Waals surface area contributed by atoms with E-state index in [0.717, 1.165) is 19.4 Å². The Morgan fingerprint density at radius 2 is 2.33 bits per heavy atom. The number of nitro benzene ring substituents is 1. The maximum absolute atomic E-state index is 12.5. The Labute approximate surface area is 123 Å². The van der Waals surface area contributed by atoms with Crippen molar-refractivity contribution in [2.75, 3.05) is 27.2 Å². The van der Waals surface area contributed by atoms with E-state index in [0.29, 0.717) is 12.1 Å². The standard InChI is InChI=1S/C14H19N3O4/c1-15-9-11-4-3-7-16(11)14(18)10-5-6-13(21-2)12(8-10)17(19)20/h5-6,8,11,15H,3-4,7,9H2,1-2H3. The van der Waals surface area contributed by atoms with E-state index >= 15 is 0 Å². The summed E-state index contributed by atoms with van der Waals surface area (Å²) in [6.07, 6.45) is 1.90. The first kappa shape index (κ1) is 15.2. The second kappa shape index (κ2) is 6.53. The van der Waals surface area contributed by atoms with Crippen molar-refractivity contribution in [3.05, 3.63) is 33.9 Å². The van der Waals surface area contributed by atoms with Gasteiger partial charge in [0.15, 0.2) is 5.75 Å². The van der Waals surface area contributed by atoms with Crippen molar-refractivity contribution < 1.29 is 14.5 Å². The molecule has 7 heteroatoms. The third kappa shape index (κ3) is 3.13. The Balaban J connectivity index is 2.27. The summed E-state index contributed by atoms with van der Waals surface area (Å²) < 4.78 is 4.95. The van der Waals surface area contributed by atoms with Crippen LogP contribution in [0.3, 0.4) is 0 Å². The van der Waals surface area contributed by atoms with Gasteiger partial charge in [0.1, 0.15) is 0 Å². The van der Waals surface area contributed by atoms with Gasteiger partial charge in [-0.05, 0) is 32.0 Å². The molecule has 1 aliphatic heterocycles. The van der Waals surface area contributed by atoms with Crippen LogP contribution in [0.5, 0.6) is 5.75 Å². The third-order valence-electron chi connectivity index (χ3n) is 3.70. The monoisotopic (exact) mass is 293 g/mol. The molecule has 0 saturated carbocycles. The van der Waals surface area contributed by atoms with Crippen LogP contribution in [0.4, 0.5) is 5.69 Å². The molecule has 1 saturated heterocycles. The van der Waals surface area contributed by atoms with Gasteiger partial charge in [-0.1, -0.05) is 0 Å². The van der Waals surface area contributed by atoms with Crippen LogP contribution in [0.1, 0.15) is 23.2 Å². The molecular weight excluding hydrogens is 274 g/mol. The van der Waals surface area contributed by atoms with E-state index in [1.165, 1.54) is 19.2 Å². The van der Waals surface area contributed by atoms with Crippen molar-refractivity contribution in [1.29, 1.82) is 0 Å². The van der Waals surface area contributed by atoms with Gasteiger partial charge in [-0.3, -0.25) is 14.9 Å². The van der Waals surface area contributed by atoms with E-state index in [2.05, 4.69) is 5.32 Å². The van der Waals surface area contributed by atoms with E-state index in [4.69, 9.17) is 4.74 Å². The quantitative estimate of drug-likeness (QED) is 0.655. The molecule has 0 radical (unpaired) electrons. The van der Waals surface area contributed by atoms with Crippen LogP contribution in [-0.4, -0.2) is 49.0 Å². The maximum atomic E-state index is 12.5. The Morgan fingerprint density at radius 3 is 2.95 bits per heavy atom. The predicted molar refractivity (Wildman–Crippen MR) is 77.6 cm³/mol. The maximum Gasteiger partial charge on any atom is 0.311 e. The minimum absolute atomic E-state index is 0.142. The first-order chi connectivity index (χ1) is 10.1. The number of hydrogen-bond donors (Lipinski definition) is 1. The zero-order chi connectivity index (χ0) is 15.4. The summed E-state index contributed by atoms with van der Waals surface area (Å²) in [6.45, 7) is 1.41. The number of nitrogens with one attached hydrogen (secondary N) is 1. The van der Waals surface area contributed by atoms with Gasteiger partial charge in [-0.2, -0.15) is 0 Å². The molecule has 0 aromatic heterocycles. The number of methoxy groups -OCH3 is 1. The molecule has 1 amide bonds. The predicted octanol–water partition coefficient (Wildman–Crippen LogP) is 1.43. The van der Waals surface area contributed by atoms with Gasteiger partial charge in [0, 0.05) is 30.8 Å². The molecule has 1 aromatic carbocycles. The van der Waals surface area contributed by atoms with Gasteiger partial charge in [0.2, 0.25) is 0 Å². The van der Waals surface area contributed by atoms with Crippen LogP contribution in [0.15, 0.2) is 18.2 Å². The number of carbonyl (C=O) groups is 1. The lowest BCUT2D eigenvalue weighted by molar-refractivity contribution is -0.385. The van der Waals surface area contributed by atoms with E-state index in [1.807, 2.05) is 7.05 Å². The Hall–Kier alpha value is -2.15. The topological polar surface area (TPSA) is 84.7 Å². The molecule has 7 nitrogen and oxygen atoms in total. The second-order valence-corrected chi connectivity index (χ2v) is 5.00. The largest absolute Gasteiger partial charge is 0.490 e. The highest BCUT2D eigenvalue weighted by Crippen LogP contribution is 2.29. The molecular formula is C14H19N3O4. The van der Waals surface area contributed by atoms with E-state index in [-0.39, 0.29) is 23.4 Å². The summed E-state index contributed by atoms with van der Waals surface area (Å²) in [6, 6.07) is 4.47. The molecule has 1 fully saturated rings. The van der Waals surface area contributed by atoms with E-state index < -0.39 is 4.92 Å². The van der Waals surface area contributed by atoms with E-state index in [1.54, 1.807) is 11.0 Å². The lowest BCUT2D eigenvalue weighted by Gasteiger charge is -2.24. The summed E-state index contributed by atoms with van der Waals surface area (Å²) >= 11 is 0. The van der Waals surface area contributed by atoms with Crippen LogP contribution in [0.25, 0.3) is 0 Å². The fourth-order valence-electron chi connectivity index (χ4n) is 2.68. The number of amides is 1. The molecule has 2 rings (SSSR count). The van der Waals surface area contributed by atoms with Crippen LogP contribution < -0.4 is 10.1 Å². The van der Waals surface area contributed by atoms with Crippen LogP contribution >= 0.6 is 0 Å². The number of nitrogens with zero attached hydrogens (tertiary/aromatic N) is 2. The molecule has 114 valence electrons. The number of rotatable bonds is 5. The lowest BCUT2D eigenvalue weighted by Crippen LogP contribution is -2.40. The molecule has 0 spiro atoms. The smallest absolute Gasteiger partial charge is 0.311 e. The molecule has 0 aliphatic carbocycles. The molecule has 1 atom stereocenters. The van der Waals surface area contributed by atoms with Crippen molar-refractivity contribution >= 4 is 11.6 Å². The lowest BCUT2D eigenvalue weighted by atomic mass is 10.1. The first-order valence-electron chi connectivity index (χ1n) is 6.86. The van der Waals surface area contributed by atoms with Crippen molar-refractivity contribution in [3.8, 4) is 5.75 Å². The Bertz CT molecular complexity index is 547. The second-order valence-electron chi connectivity index (χ2n) is 5.00.